The zero-order valence-corrected chi connectivity index (χ0v) is 27.0. The summed E-state index contributed by atoms with van der Waals surface area (Å²) in [5.41, 5.74) is 1.97. The van der Waals surface area contributed by atoms with Gasteiger partial charge in [-0.1, -0.05) is 6.07 Å². The second kappa shape index (κ2) is 15.7. The molecule has 11 heteroatoms. The number of carbonyl (C=O) groups is 4. The summed E-state index contributed by atoms with van der Waals surface area (Å²) in [5, 5.41) is 5.71. The van der Waals surface area contributed by atoms with E-state index in [9.17, 15) is 19.2 Å². The number of hydrogen-bond donors (Lipinski definition) is 2. The Labute approximate surface area is 266 Å². The first-order valence-electron chi connectivity index (χ1n) is 16.0. The topological polar surface area (TPSA) is 130 Å². The molecule has 2 N–H and O–H groups in total. The van der Waals surface area contributed by atoms with Gasteiger partial charge in [0.25, 0.3) is 5.91 Å². The summed E-state index contributed by atoms with van der Waals surface area (Å²) in [6, 6.07) is 9.11. The summed E-state index contributed by atoms with van der Waals surface area (Å²) in [6.07, 6.45) is 7.30. The number of benzene rings is 1. The Morgan fingerprint density at radius 3 is 2.29 bits per heavy atom. The molecule has 3 amide bonds. The lowest BCUT2D eigenvalue weighted by molar-refractivity contribution is -0.142. The smallest absolute Gasteiger partial charge is 0.410 e. The molecule has 0 aliphatic carbocycles. The highest BCUT2D eigenvalue weighted by molar-refractivity contribution is 6.04. The van der Waals surface area contributed by atoms with E-state index < -0.39 is 5.60 Å². The first-order chi connectivity index (χ1) is 21.5. The van der Waals surface area contributed by atoms with Crippen LogP contribution in [0, 0.1) is 11.8 Å². The van der Waals surface area contributed by atoms with E-state index in [1.807, 2.05) is 43.9 Å². The number of nitrogens with zero attached hydrogens (tertiary/aromatic N) is 3. The minimum atomic E-state index is -0.491. The first-order valence-corrected chi connectivity index (χ1v) is 16.0. The zero-order chi connectivity index (χ0) is 32.4. The lowest BCUT2D eigenvalue weighted by Gasteiger charge is -2.41. The van der Waals surface area contributed by atoms with Crippen LogP contribution in [0.1, 0.15) is 75.7 Å². The molecule has 2 aromatic rings. The number of likely N-dealkylation sites (tertiary alicyclic amines) is 1. The SMILES string of the molecule is CCOC(=O)CCNC(=O)c1ccc(N2CCC(C3CCN(C(=O)OC(C)(C)C)CC3)CC2)cc1NC(=O)Cc1cccnc1. The predicted molar refractivity (Wildman–Crippen MR) is 172 cm³/mol. The van der Waals surface area contributed by atoms with E-state index in [1.165, 1.54) is 0 Å². The molecule has 11 nitrogen and oxygen atoms in total. The number of hydrogen-bond acceptors (Lipinski definition) is 8. The number of pyridine rings is 1. The predicted octanol–water partition coefficient (Wildman–Crippen LogP) is 4.81. The summed E-state index contributed by atoms with van der Waals surface area (Å²) in [7, 11) is 0. The van der Waals surface area contributed by atoms with Crippen LogP contribution in [0.3, 0.4) is 0 Å². The fourth-order valence-corrected chi connectivity index (χ4v) is 6.03. The normalized spacial score (nSPS) is 16.2. The average molecular weight is 622 g/mol. The van der Waals surface area contributed by atoms with Gasteiger partial charge in [-0.3, -0.25) is 19.4 Å². The monoisotopic (exact) mass is 621 g/mol. The third kappa shape index (κ3) is 10.2. The van der Waals surface area contributed by atoms with Gasteiger partial charge in [0, 0.05) is 50.8 Å². The number of carbonyl (C=O) groups excluding carboxylic acids is 4. The Kier molecular flexibility index (Phi) is 11.8. The standard InChI is InChI=1S/C34H47N5O6/c1-5-44-31(41)10-16-36-32(42)28-9-8-27(22-29(28)37-30(40)21-24-7-6-15-35-23-24)38-17-11-25(12-18-38)26-13-19-39(20-14-26)33(43)45-34(2,3)4/h6-9,15,22-23,25-26H,5,10-14,16-21H2,1-4H3,(H,36,42)(H,37,40). The number of rotatable bonds is 10. The van der Waals surface area contributed by atoms with Crippen LogP contribution in [-0.2, 0) is 25.5 Å². The van der Waals surface area contributed by atoms with Crippen molar-refractivity contribution in [1.82, 2.24) is 15.2 Å². The third-order valence-electron chi connectivity index (χ3n) is 8.29. The number of esters is 1. The second-order valence-corrected chi connectivity index (χ2v) is 12.8. The van der Waals surface area contributed by atoms with Gasteiger partial charge in [0.15, 0.2) is 0 Å². The molecule has 0 atom stereocenters. The van der Waals surface area contributed by atoms with Crippen LogP contribution in [0.15, 0.2) is 42.7 Å². The molecular weight excluding hydrogens is 574 g/mol. The van der Waals surface area contributed by atoms with Gasteiger partial charge in [0.05, 0.1) is 30.7 Å². The largest absolute Gasteiger partial charge is 0.466 e. The molecule has 0 saturated carbocycles. The van der Waals surface area contributed by atoms with Crippen LogP contribution < -0.4 is 15.5 Å². The fourth-order valence-electron chi connectivity index (χ4n) is 6.03. The van der Waals surface area contributed by atoms with Gasteiger partial charge in [-0.05, 0) is 95.0 Å². The van der Waals surface area contributed by atoms with Crippen LogP contribution in [-0.4, -0.2) is 78.7 Å². The zero-order valence-electron chi connectivity index (χ0n) is 27.0. The second-order valence-electron chi connectivity index (χ2n) is 12.8. The molecule has 2 saturated heterocycles. The van der Waals surface area contributed by atoms with Gasteiger partial charge in [0.2, 0.25) is 5.91 Å². The summed E-state index contributed by atoms with van der Waals surface area (Å²) in [5.74, 6) is 0.158. The number of ether oxygens (including phenoxy) is 2. The van der Waals surface area contributed by atoms with Gasteiger partial charge < -0.3 is 29.9 Å². The van der Waals surface area contributed by atoms with E-state index in [4.69, 9.17) is 9.47 Å². The van der Waals surface area contributed by atoms with E-state index in [0.717, 1.165) is 63.1 Å². The molecule has 0 unspecified atom stereocenters. The van der Waals surface area contributed by atoms with Gasteiger partial charge >= 0.3 is 12.1 Å². The molecule has 0 radical (unpaired) electrons. The van der Waals surface area contributed by atoms with Crippen LogP contribution in [0.5, 0.6) is 0 Å². The Balaban J connectivity index is 1.38. The third-order valence-corrected chi connectivity index (χ3v) is 8.29. The van der Waals surface area contributed by atoms with Crippen molar-refractivity contribution in [2.45, 2.75) is 71.8 Å². The van der Waals surface area contributed by atoms with Crippen molar-refractivity contribution < 1.29 is 28.7 Å². The summed E-state index contributed by atoms with van der Waals surface area (Å²) in [4.78, 5) is 58.5. The Bertz CT molecular complexity index is 1310. The number of nitrogens with one attached hydrogen (secondary N) is 2. The number of anilines is 2. The molecule has 244 valence electrons. The highest BCUT2D eigenvalue weighted by Gasteiger charge is 2.32. The molecule has 4 rings (SSSR count). The van der Waals surface area contributed by atoms with E-state index in [-0.39, 0.29) is 49.9 Å². The van der Waals surface area contributed by atoms with E-state index in [2.05, 4.69) is 20.5 Å². The van der Waals surface area contributed by atoms with Gasteiger partial charge in [0.1, 0.15) is 5.60 Å². The number of amides is 3. The van der Waals surface area contributed by atoms with Crippen LogP contribution in [0.25, 0.3) is 0 Å². The van der Waals surface area contributed by atoms with Gasteiger partial charge in [-0.15, -0.1) is 0 Å². The maximum Gasteiger partial charge on any atom is 0.410 e. The Morgan fingerprint density at radius 2 is 1.67 bits per heavy atom. The van der Waals surface area contributed by atoms with E-state index in [1.54, 1.807) is 31.5 Å². The van der Waals surface area contributed by atoms with Crippen molar-refractivity contribution in [3.8, 4) is 0 Å². The first kappa shape index (κ1) is 33.7. The van der Waals surface area contributed by atoms with Crippen LogP contribution in [0.4, 0.5) is 16.2 Å². The molecule has 0 bridgehead atoms. The summed E-state index contributed by atoms with van der Waals surface area (Å²) >= 11 is 0. The minimum Gasteiger partial charge on any atom is -0.466 e. The molecule has 2 aliphatic rings. The average Bonchev–Trinajstić information content (AvgIpc) is 3.01. The minimum absolute atomic E-state index is 0.0648. The molecule has 2 aliphatic heterocycles. The van der Waals surface area contributed by atoms with Crippen LogP contribution >= 0.6 is 0 Å². The Morgan fingerprint density at radius 1 is 0.978 bits per heavy atom. The molecule has 0 spiro atoms. The maximum atomic E-state index is 13.1. The quantitative estimate of drug-likeness (QED) is 0.362. The van der Waals surface area contributed by atoms with E-state index in [0.29, 0.717) is 23.1 Å². The molecule has 1 aromatic heterocycles. The van der Waals surface area contributed by atoms with Crippen molar-refractivity contribution in [1.29, 1.82) is 0 Å². The van der Waals surface area contributed by atoms with Crippen molar-refractivity contribution in [3.05, 3.63) is 53.9 Å². The van der Waals surface area contributed by atoms with Gasteiger partial charge in [-0.2, -0.15) is 0 Å². The highest BCUT2D eigenvalue weighted by Crippen LogP contribution is 2.35. The van der Waals surface area contributed by atoms with Gasteiger partial charge in [-0.25, -0.2) is 4.79 Å². The fraction of sp³-hybridized carbons (Fsp3) is 0.559. The highest BCUT2D eigenvalue weighted by atomic mass is 16.6. The van der Waals surface area contributed by atoms with Crippen molar-refractivity contribution in [2.24, 2.45) is 11.8 Å². The summed E-state index contributed by atoms with van der Waals surface area (Å²) in [6.45, 7) is 11.0. The summed E-state index contributed by atoms with van der Waals surface area (Å²) < 4.78 is 10.5. The molecular formula is C34H47N5O6. The molecule has 2 fully saturated rings. The Hall–Kier alpha value is -4.15. The van der Waals surface area contributed by atoms with E-state index >= 15 is 0 Å². The maximum absolute atomic E-state index is 13.1. The van der Waals surface area contributed by atoms with Crippen molar-refractivity contribution >= 4 is 35.3 Å². The molecule has 1 aromatic carbocycles. The lowest BCUT2D eigenvalue weighted by atomic mass is 9.79. The van der Waals surface area contributed by atoms with Crippen molar-refractivity contribution in [3.63, 3.8) is 0 Å². The number of aromatic nitrogens is 1. The number of piperidine rings is 2. The van der Waals surface area contributed by atoms with Crippen molar-refractivity contribution in [2.75, 3.05) is 49.5 Å². The molecule has 3 heterocycles. The molecule has 45 heavy (non-hydrogen) atoms. The van der Waals surface area contributed by atoms with Crippen LogP contribution in [0.2, 0.25) is 0 Å². The lowest BCUT2D eigenvalue weighted by Crippen LogP contribution is -2.44.